The Kier molecular flexibility index (Phi) is 8.61. The summed E-state index contributed by atoms with van der Waals surface area (Å²) in [4.78, 5) is 29.9. The van der Waals surface area contributed by atoms with E-state index in [4.69, 9.17) is 0 Å². The number of allylic oxidation sites excluding steroid dienone is 6. The van der Waals surface area contributed by atoms with E-state index >= 15 is 0 Å². The molecule has 1 aliphatic carbocycles. The third kappa shape index (κ3) is 6.20. The van der Waals surface area contributed by atoms with Crippen molar-refractivity contribution in [3.05, 3.63) is 89.2 Å². The van der Waals surface area contributed by atoms with Crippen molar-refractivity contribution in [3.63, 3.8) is 0 Å². The van der Waals surface area contributed by atoms with Crippen LogP contribution in [0.5, 0.6) is 0 Å². The van der Waals surface area contributed by atoms with Gasteiger partial charge >= 0.3 is 0 Å². The lowest BCUT2D eigenvalue weighted by atomic mass is 9.98. The molecule has 1 aromatic carbocycles. The van der Waals surface area contributed by atoms with E-state index in [0.717, 1.165) is 36.9 Å². The van der Waals surface area contributed by atoms with Crippen molar-refractivity contribution in [2.75, 3.05) is 25.5 Å². The second kappa shape index (κ2) is 11.6. The second-order valence-corrected chi connectivity index (χ2v) is 8.69. The number of anilines is 1. The van der Waals surface area contributed by atoms with Gasteiger partial charge in [0.05, 0.1) is 0 Å². The van der Waals surface area contributed by atoms with Gasteiger partial charge in [-0.05, 0) is 83.0 Å². The fourth-order valence-corrected chi connectivity index (χ4v) is 4.41. The zero-order chi connectivity index (χ0) is 23.8. The molecule has 0 fully saturated rings. The molecule has 1 N–H and O–H groups in total. The maximum absolute atomic E-state index is 13.1. The molecular formula is C28H35N3O2. The van der Waals surface area contributed by atoms with Gasteiger partial charge < -0.3 is 15.1 Å². The zero-order valence-electron chi connectivity index (χ0n) is 20.2. The van der Waals surface area contributed by atoms with E-state index in [1.165, 1.54) is 5.56 Å². The number of para-hydroxylation sites is 1. The molecule has 1 unspecified atom stereocenters. The molecule has 1 aliphatic heterocycles. The Hall–Kier alpha value is -3.18. The summed E-state index contributed by atoms with van der Waals surface area (Å²) in [5.74, 6) is -0.179. The normalized spacial score (nSPS) is 19.4. The molecule has 0 aromatic heterocycles. The topological polar surface area (TPSA) is 52.7 Å². The number of hydrogen-bond donors (Lipinski definition) is 1. The van der Waals surface area contributed by atoms with E-state index in [-0.39, 0.29) is 11.8 Å². The Morgan fingerprint density at radius 1 is 1.12 bits per heavy atom. The Balaban J connectivity index is 1.76. The van der Waals surface area contributed by atoms with Gasteiger partial charge in [0.1, 0.15) is 0 Å². The first-order chi connectivity index (χ1) is 15.9. The average Bonchev–Trinajstić information content (AvgIpc) is 2.99. The predicted octanol–water partition coefficient (Wildman–Crippen LogP) is 5.22. The van der Waals surface area contributed by atoms with Gasteiger partial charge in [0.25, 0.3) is 11.8 Å². The highest BCUT2D eigenvalue weighted by Crippen LogP contribution is 2.35. The third-order valence-electron chi connectivity index (χ3n) is 6.09. The summed E-state index contributed by atoms with van der Waals surface area (Å²) in [7, 11) is 4.17. The Morgan fingerprint density at radius 3 is 2.61 bits per heavy atom. The number of carbonyl (C=O) groups excluding carboxylic acids is 2. The number of fused-ring (bicyclic) bond motifs is 1. The van der Waals surface area contributed by atoms with Crippen molar-refractivity contribution in [3.8, 4) is 0 Å². The first-order valence-electron chi connectivity index (χ1n) is 11.7. The quantitative estimate of drug-likeness (QED) is 0.483. The van der Waals surface area contributed by atoms with Crippen LogP contribution in [0.15, 0.2) is 83.6 Å². The van der Waals surface area contributed by atoms with Gasteiger partial charge in [-0.3, -0.25) is 9.59 Å². The number of nitrogens with zero attached hydrogens (tertiary/aromatic N) is 2. The zero-order valence-corrected chi connectivity index (χ0v) is 20.2. The lowest BCUT2D eigenvalue weighted by Gasteiger charge is -2.26. The average molecular weight is 446 g/mol. The lowest BCUT2D eigenvalue weighted by Crippen LogP contribution is -2.30. The first-order valence-corrected chi connectivity index (χ1v) is 11.7. The Bertz CT molecular complexity index is 1030. The first kappa shape index (κ1) is 24.5. The Morgan fingerprint density at radius 2 is 1.88 bits per heavy atom. The maximum atomic E-state index is 13.1. The van der Waals surface area contributed by atoms with Crippen LogP contribution in [0.3, 0.4) is 0 Å². The molecule has 0 bridgehead atoms. The van der Waals surface area contributed by atoms with Crippen LogP contribution in [0.2, 0.25) is 0 Å². The Labute approximate surface area is 197 Å². The molecule has 0 spiro atoms. The fraction of sp³-hybridized carbons (Fsp3) is 0.357. The van der Waals surface area contributed by atoms with Gasteiger partial charge in [-0.1, -0.05) is 42.5 Å². The van der Waals surface area contributed by atoms with Crippen LogP contribution < -0.4 is 10.2 Å². The molecule has 2 amide bonds. The SMILES string of the molecule is C\C=C/C(=C\C=C\C(=O)N1CCCC(N(C)C)c2ccccc21)NC(=O)C1=CCCC=C1C. The van der Waals surface area contributed by atoms with E-state index < -0.39 is 0 Å². The molecule has 0 saturated carbocycles. The van der Waals surface area contributed by atoms with Crippen LogP contribution in [0, 0.1) is 0 Å². The summed E-state index contributed by atoms with van der Waals surface area (Å²) >= 11 is 0. The molecule has 5 nitrogen and oxygen atoms in total. The molecule has 1 atom stereocenters. The minimum atomic E-state index is -0.122. The van der Waals surface area contributed by atoms with Crippen LogP contribution in [-0.2, 0) is 9.59 Å². The summed E-state index contributed by atoms with van der Waals surface area (Å²) in [6, 6.07) is 8.46. The third-order valence-corrected chi connectivity index (χ3v) is 6.09. The lowest BCUT2D eigenvalue weighted by molar-refractivity contribution is -0.116. The number of hydrogen-bond acceptors (Lipinski definition) is 3. The molecule has 5 heteroatoms. The molecule has 1 heterocycles. The highest BCUT2D eigenvalue weighted by molar-refractivity contribution is 6.02. The summed E-state index contributed by atoms with van der Waals surface area (Å²) in [5.41, 5.74) is 4.52. The highest BCUT2D eigenvalue weighted by Gasteiger charge is 2.26. The van der Waals surface area contributed by atoms with Crippen molar-refractivity contribution in [1.29, 1.82) is 0 Å². The number of nitrogens with one attached hydrogen (secondary N) is 1. The van der Waals surface area contributed by atoms with E-state index in [1.54, 1.807) is 18.2 Å². The molecule has 1 aromatic rings. The maximum Gasteiger partial charge on any atom is 0.255 e. The molecule has 33 heavy (non-hydrogen) atoms. The van der Waals surface area contributed by atoms with Crippen molar-refractivity contribution in [2.45, 2.75) is 45.6 Å². The minimum absolute atomic E-state index is 0.0574. The van der Waals surface area contributed by atoms with E-state index in [9.17, 15) is 9.59 Å². The predicted molar refractivity (Wildman–Crippen MR) is 136 cm³/mol. The van der Waals surface area contributed by atoms with E-state index in [0.29, 0.717) is 23.9 Å². The summed E-state index contributed by atoms with van der Waals surface area (Å²) < 4.78 is 0. The van der Waals surface area contributed by atoms with Crippen molar-refractivity contribution in [1.82, 2.24) is 10.2 Å². The minimum Gasteiger partial charge on any atom is -0.322 e. The van der Waals surface area contributed by atoms with Crippen LogP contribution in [-0.4, -0.2) is 37.4 Å². The smallest absolute Gasteiger partial charge is 0.255 e. The van der Waals surface area contributed by atoms with Gasteiger partial charge in [0.15, 0.2) is 0 Å². The summed E-state index contributed by atoms with van der Waals surface area (Å²) in [5, 5.41) is 2.96. The van der Waals surface area contributed by atoms with Crippen LogP contribution in [0.1, 0.15) is 51.1 Å². The largest absolute Gasteiger partial charge is 0.322 e. The fourth-order valence-electron chi connectivity index (χ4n) is 4.41. The molecule has 174 valence electrons. The number of rotatable bonds is 6. The summed E-state index contributed by atoms with van der Waals surface area (Å²) in [6.45, 7) is 4.55. The molecule has 0 radical (unpaired) electrons. The highest BCUT2D eigenvalue weighted by atomic mass is 16.2. The van der Waals surface area contributed by atoms with E-state index in [2.05, 4.69) is 36.5 Å². The number of benzene rings is 1. The number of carbonyl (C=O) groups is 2. The van der Waals surface area contributed by atoms with Crippen molar-refractivity contribution >= 4 is 17.5 Å². The van der Waals surface area contributed by atoms with Gasteiger partial charge in [-0.25, -0.2) is 0 Å². The standard InChI is InChI=1S/C28H35N3O2/c1-5-12-22(29-28(33)23-15-7-6-13-21(23)2)14-10-19-27(32)31-20-11-18-25(30(3)4)24-16-8-9-17-26(24)31/h5,8-10,12-17,19,25H,6-7,11,18,20H2,1-4H3,(H,29,33)/b12-5-,19-10+,22-14+. The van der Waals surface area contributed by atoms with Crippen LogP contribution in [0.4, 0.5) is 5.69 Å². The van der Waals surface area contributed by atoms with Crippen LogP contribution in [0.25, 0.3) is 0 Å². The molecule has 3 rings (SSSR count). The number of amides is 2. The second-order valence-electron chi connectivity index (χ2n) is 8.69. The van der Waals surface area contributed by atoms with Gasteiger partial charge in [-0.15, -0.1) is 0 Å². The van der Waals surface area contributed by atoms with Gasteiger partial charge in [0.2, 0.25) is 0 Å². The van der Waals surface area contributed by atoms with E-state index in [1.807, 2.05) is 55.2 Å². The monoisotopic (exact) mass is 445 g/mol. The molecule has 2 aliphatic rings. The van der Waals surface area contributed by atoms with Crippen molar-refractivity contribution in [2.24, 2.45) is 0 Å². The van der Waals surface area contributed by atoms with Gasteiger partial charge in [0, 0.05) is 35.6 Å². The van der Waals surface area contributed by atoms with Crippen LogP contribution >= 0.6 is 0 Å². The van der Waals surface area contributed by atoms with Gasteiger partial charge in [-0.2, -0.15) is 0 Å². The molecular weight excluding hydrogens is 410 g/mol. The van der Waals surface area contributed by atoms with Crippen molar-refractivity contribution < 1.29 is 9.59 Å². The molecule has 0 saturated heterocycles. The summed E-state index contributed by atoms with van der Waals surface area (Å²) in [6.07, 6.45) is 16.6.